The largest absolute Gasteiger partial charge is 0.463 e. The minimum atomic E-state index is -1.27. The van der Waals surface area contributed by atoms with Crippen LogP contribution in [0.5, 0.6) is 0 Å². The first-order valence-corrected chi connectivity index (χ1v) is 8.58. The van der Waals surface area contributed by atoms with E-state index in [1.165, 1.54) is 16.9 Å². The van der Waals surface area contributed by atoms with Crippen molar-refractivity contribution in [1.29, 1.82) is 0 Å². The predicted molar refractivity (Wildman–Crippen MR) is 94.5 cm³/mol. The van der Waals surface area contributed by atoms with Crippen LogP contribution in [0.4, 0.5) is 0 Å². The first kappa shape index (κ1) is 18.0. The zero-order chi connectivity index (χ0) is 18.7. The van der Waals surface area contributed by atoms with Gasteiger partial charge in [-0.15, -0.1) is 0 Å². The van der Waals surface area contributed by atoms with Gasteiger partial charge in [0.1, 0.15) is 5.56 Å². The number of aromatic nitrogens is 4. The molecule has 0 spiro atoms. The van der Waals surface area contributed by atoms with Gasteiger partial charge in [0.2, 0.25) is 6.10 Å². The SMILES string of the molecule is CCOC(=O)C(OC(=O)c1cnn2cc(Br)cnc12)c1ncccc1C. The molecule has 0 fully saturated rings. The maximum Gasteiger partial charge on any atom is 0.353 e. The van der Waals surface area contributed by atoms with Crippen molar-refractivity contribution in [2.75, 3.05) is 6.61 Å². The number of nitrogens with zero attached hydrogens (tertiary/aromatic N) is 4. The number of ether oxygens (including phenoxy) is 2. The Labute approximate surface area is 157 Å². The zero-order valence-electron chi connectivity index (χ0n) is 14.0. The number of aryl methyl sites for hydroxylation is 1. The van der Waals surface area contributed by atoms with Crippen LogP contribution in [-0.2, 0) is 14.3 Å². The average Bonchev–Trinajstić information content (AvgIpc) is 3.03. The van der Waals surface area contributed by atoms with Crippen LogP contribution in [0, 0.1) is 6.92 Å². The van der Waals surface area contributed by atoms with Gasteiger partial charge in [0.25, 0.3) is 0 Å². The smallest absolute Gasteiger partial charge is 0.353 e. The Bertz CT molecular complexity index is 972. The molecule has 9 heteroatoms. The Morgan fingerprint density at radius 2 is 2.12 bits per heavy atom. The van der Waals surface area contributed by atoms with Crippen LogP contribution < -0.4 is 0 Å². The second-order valence-electron chi connectivity index (χ2n) is 5.34. The monoisotopic (exact) mass is 418 g/mol. The van der Waals surface area contributed by atoms with Gasteiger partial charge >= 0.3 is 11.9 Å². The van der Waals surface area contributed by atoms with E-state index in [-0.39, 0.29) is 12.2 Å². The number of halogens is 1. The van der Waals surface area contributed by atoms with Crippen molar-refractivity contribution in [3.8, 4) is 0 Å². The van der Waals surface area contributed by atoms with Crippen molar-refractivity contribution in [2.45, 2.75) is 20.0 Å². The van der Waals surface area contributed by atoms with Gasteiger partial charge in [-0.2, -0.15) is 5.10 Å². The number of carbonyl (C=O) groups excluding carboxylic acids is 2. The van der Waals surface area contributed by atoms with Crippen molar-refractivity contribution < 1.29 is 19.1 Å². The van der Waals surface area contributed by atoms with E-state index in [9.17, 15) is 9.59 Å². The summed E-state index contributed by atoms with van der Waals surface area (Å²) in [6.45, 7) is 3.61. The second kappa shape index (κ2) is 7.61. The predicted octanol–water partition coefficient (Wildman–Crippen LogP) is 2.66. The summed E-state index contributed by atoms with van der Waals surface area (Å²) in [5.41, 5.74) is 1.49. The number of carbonyl (C=O) groups is 2. The molecule has 0 saturated carbocycles. The molecular weight excluding hydrogens is 404 g/mol. The molecular formula is C17H15BrN4O4. The quantitative estimate of drug-likeness (QED) is 0.587. The first-order chi connectivity index (χ1) is 12.5. The van der Waals surface area contributed by atoms with E-state index in [0.29, 0.717) is 21.4 Å². The standard InChI is InChI=1S/C17H15BrN4O4/c1-3-25-17(24)14(13-10(2)5-4-6-19-13)26-16(23)12-8-21-22-9-11(18)7-20-15(12)22/h4-9,14H,3H2,1-2H3. The fraction of sp³-hybridized carbons (Fsp3) is 0.235. The lowest BCUT2D eigenvalue weighted by molar-refractivity contribution is -0.154. The number of pyridine rings is 1. The minimum absolute atomic E-state index is 0.139. The molecule has 3 aromatic heterocycles. The summed E-state index contributed by atoms with van der Waals surface area (Å²) < 4.78 is 12.6. The molecule has 0 bridgehead atoms. The summed E-state index contributed by atoms with van der Waals surface area (Å²) in [5, 5.41) is 4.07. The highest BCUT2D eigenvalue weighted by molar-refractivity contribution is 9.10. The van der Waals surface area contributed by atoms with Crippen LogP contribution >= 0.6 is 15.9 Å². The van der Waals surface area contributed by atoms with Crippen molar-refractivity contribution in [3.63, 3.8) is 0 Å². The molecule has 0 aliphatic carbocycles. The number of hydrogen-bond donors (Lipinski definition) is 0. The first-order valence-electron chi connectivity index (χ1n) is 7.79. The normalized spacial score (nSPS) is 12.0. The molecule has 8 nitrogen and oxygen atoms in total. The fourth-order valence-electron chi connectivity index (χ4n) is 2.37. The molecule has 0 saturated heterocycles. The summed E-state index contributed by atoms with van der Waals surface area (Å²) >= 11 is 3.28. The third kappa shape index (κ3) is 3.57. The highest BCUT2D eigenvalue weighted by Gasteiger charge is 2.30. The molecule has 3 aromatic rings. The summed E-state index contributed by atoms with van der Waals surface area (Å²) in [6, 6.07) is 3.51. The second-order valence-corrected chi connectivity index (χ2v) is 6.26. The van der Waals surface area contributed by atoms with E-state index in [1.54, 1.807) is 38.4 Å². The summed E-state index contributed by atoms with van der Waals surface area (Å²) in [7, 11) is 0. The molecule has 1 atom stereocenters. The topological polar surface area (TPSA) is 95.7 Å². The lowest BCUT2D eigenvalue weighted by Crippen LogP contribution is -2.24. The van der Waals surface area contributed by atoms with Crippen LogP contribution in [0.3, 0.4) is 0 Å². The van der Waals surface area contributed by atoms with Gasteiger partial charge in [-0.1, -0.05) is 6.07 Å². The molecule has 134 valence electrons. The Kier molecular flexibility index (Phi) is 5.27. The summed E-state index contributed by atoms with van der Waals surface area (Å²) in [6.07, 6.45) is 4.79. The molecule has 0 radical (unpaired) electrons. The third-order valence-corrected chi connectivity index (χ3v) is 3.98. The van der Waals surface area contributed by atoms with Gasteiger partial charge in [-0.05, 0) is 41.4 Å². The van der Waals surface area contributed by atoms with Crippen LogP contribution in [0.15, 0.2) is 41.4 Å². The fourth-order valence-corrected chi connectivity index (χ4v) is 2.67. The minimum Gasteiger partial charge on any atom is -0.463 e. The third-order valence-electron chi connectivity index (χ3n) is 3.57. The number of esters is 2. The van der Waals surface area contributed by atoms with Gasteiger partial charge < -0.3 is 9.47 Å². The molecule has 1 unspecified atom stereocenters. The average molecular weight is 419 g/mol. The van der Waals surface area contributed by atoms with Crippen molar-refractivity contribution >= 4 is 33.5 Å². The van der Waals surface area contributed by atoms with Crippen LogP contribution in [-0.4, -0.2) is 38.1 Å². The van der Waals surface area contributed by atoms with Gasteiger partial charge in [0.15, 0.2) is 5.65 Å². The lowest BCUT2D eigenvalue weighted by atomic mass is 10.1. The summed E-state index contributed by atoms with van der Waals surface area (Å²) in [4.78, 5) is 33.3. The summed E-state index contributed by atoms with van der Waals surface area (Å²) in [5.74, 6) is -1.42. The Balaban J connectivity index is 1.94. The van der Waals surface area contributed by atoms with Crippen molar-refractivity contribution in [2.24, 2.45) is 0 Å². The molecule has 26 heavy (non-hydrogen) atoms. The molecule has 0 aromatic carbocycles. The Hall–Kier alpha value is -2.81. The molecule has 0 aliphatic heterocycles. The highest BCUT2D eigenvalue weighted by Crippen LogP contribution is 2.23. The Morgan fingerprint density at radius 3 is 2.85 bits per heavy atom. The number of fused-ring (bicyclic) bond motifs is 1. The van der Waals surface area contributed by atoms with Crippen molar-refractivity contribution in [1.82, 2.24) is 19.6 Å². The molecule has 0 aliphatic rings. The number of hydrogen-bond acceptors (Lipinski definition) is 7. The number of rotatable bonds is 5. The van der Waals surface area contributed by atoms with E-state index in [2.05, 4.69) is 31.0 Å². The van der Waals surface area contributed by atoms with E-state index in [4.69, 9.17) is 9.47 Å². The molecule has 0 N–H and O–H groups in total. The van der Waals surface area contributed by atoms with Crippen molar-refractivity contribution in [3.05, 3.63) is 58.2 Å². The van der Waals surface area contributed by atoms with E-state index >= 15 is 0 Å². The maximum atomic E-state index is 12.6. The van der Waals surface area contributed by atoms with E-state index in [0.717, 1.165) is 0 Å². The van der Waals surface area contributed by atoms with Gasteiger partial charge in [-0.25, -0.2) is 19.1 Å². The Morgan fingerprint density at radius 1 is 1.31 bits per heavy atom. The van der Waals surface area contributed by atoms with Gasteiger partial charge in [0, 0.05) is 18.6 Å². The highest BCUT2D eigenvalue weighted by atomic mass is 79.9. The molecule has 3 rings (SSSR count). The van der Waals surface area contributed by atoms with E-state index < -0.39 is 18.0 Å². The van der Waals surface area contributed by atoms with Gasteiger partial charge in [0.05, 0.1) is 23.0 Å². The van der Waals surface area contributed by atoms with Crippen LogP contribution in [0.2, 0.25) is 0 Å². The van der Waals surface area contributed by atoms with E-state index in [1.807, 2.05) is 0 Å². The molecule has 0 amide bonds. The molecule has 3 heterocycles. The zero-order valence-corrected chi connectivity index (χ0v) is 15.6. The lowest BCUT2D eigenvalue weighted by Gasteiger charge is -2.17. The van der Waals surface area contributed by atoms with Gasteiger partial charge in [-0.3, -0.25) is 4.98 Å². The maximum absolute atomic E-state index is 12.6. The van der Waals surface area contributed by atoms with Crippen LogP contribution in [0.1, 0.15) is 34.6 Å². The van der Waals surface area contributed by atoms with Crippen LogP contribution in [0.25, 0.3) is 5.65 Å².